The van der Waals surface area contributed by atoms with Crippen LogP contribution in [0.2, 0.25) is 0 Å². The van der Waals surface area contributed by atoms with Crippen molar-refractivity contribution in [1.29, 1.82) is 0 Å². The normalized spacial score (nSPS) is 24.9. The first-order valence-corrected chi connectivity index (χ1v) is 6.99. The van der Waals surface area contributed by atoms with Crippen LogP contribution < -0.4 is 10.6 Å². The Kier molecular flexibility index (Phi) is 3.55. The van der Waals surface area contributed by atoms with Crippen molar-refractivity contribution in [1.82, 2.24) is 9.78 Å². The summed E-state index contributed by atoms with van der Waals surface area (Å²) >= 11 is 0. The molecular weight excluding hydrogens is 224 g/mol. The van der Waals surface area contributed by atoms with E-state index in [1.807, 2.05) is 11.7 Å². The van der Waals surface area contributed by atoms with Crippen molar-refractivity contribution in [3.63, 3.8) is 0 Å². The lowest BCUT2D eigenvalue weighted by molar-refractivity contribution is 0.321. The molecule has 102 valence electrons. The first-order chi connectivity index (χ1) is 8.41. The molecule has 1 aliphatic heterocycles. The highest BCUT2D eigenvalue weighted by Gasteiger charge is 2.27. The summed E-state index contributed by atoms with van der Waals surface area (Å²) in [5, 5.41) is 4.58. The van der Waals surface area contributed by atoms with Gasteiger partial charge in [0.25, 0.3) is 0 Å². The van der Waals surface area contributed by atoms with Gasteiger partial charge in [-0.05, 0) is 24.2 Å². The largest absolute Gasteiger partial charge is 0.394 e. The Labute approximate surface area is 110 Å². The van der Waals surface area contributed by atoms with Crippen LogP contribution >= 0.6 is 0 Å². The van der Waals surface area contributed by atoms with E-state index in [1.54, 1.807) is 0 Å². The number of piperidine rings is 1. The van der Waals surface area contributed by atoms with E-state index >= 15 is 0 Å². The minimum Gasteiger partial charge on any atom is -0.394 e. The number of nitrogen functional groups attached to an aromatic ring is 1. The summed E-state index contributed by atoms with van der Waals surface area (Å²) in [4.78, 5) is 2.40. The fraction of sp³-hybridized carbons (Fsp3) is 0.786. The Morgan fingerprint density at radius 3 is 2.44 bits per heavy atom. The number of aryl methyl sites for hydroxylation is 1. The van der Waals surface area contributed by atoms with E-state index in [1.165, 1.54) is 6.42 Å². The first kappa shape index (κ1) is 13.2. The predicted molar refractivity (Wildman–Crippen MR) is 76.9 cm³/mol. The molecule has 18 heavy (non-hydrogen) atoms. The van der Waals surface area contributed by atoms with Crippen LogP contribution in [0.1, 0.15) is 45.7 Å². The van der Waals surface area contributed by atoms with Gasteiger partial charge in [-0.25, -0.2) is 0 Å². The van der Waals surface area contributed by atoms with E-state index in [4.69, 9.17) is 5.73 Å². The molecule has 0 radical (unpaired) electrons. The van der Waals surface area contributed by atoms with Crippen molar-refractivity contribution in [2.75, 3.05) is 23.7 Å². The predicted octanol–water partition coefficient (Wildman–Crippen LogP) is 2.61. The summed E-state index contributed by atoms with van der Waals surface area (Å²) in [5.41, 5.74) is 8.19. The number of anilines is 2. The number of rotatable bonds is 2. The number of hydrogen-bond acceptors (Lipinski definition) is 3. The fourth-order valence-corrected chi connectivity index (χ4v) is 2.81. The van der Waals surface area contributed by atoms with Crippen LogP contribution in [0.15, 0.2) is 0 Å². The minimum absolute atomic E-state index is 0.381. The molecule has 1 fully saturated rings. The summed E-state index contributed by atoms with van der Waals surface area (Å²) in [7, 11) is 2.00. The highest BCUT2D eigenvalue weighted by Crippen LogP contribution is 2.34. The highest BCUT2D eigenvalue weighted by molar-refractivity contribution is 5.67. The molecule has 2 heterocycles. The van der Waals surface area contributed by atoms with Gasteiger partial charge < -0.3 is 10.6 Å². The molecule has 2 atom stereocenters. The van der Waals surface area contributed by atoms with Crippen LogP contribution in [0.25, 0.3) is 0 Å². The monoisotopic (exact) mass is 250 g/mol. The van der Waals surface area contributed by atoms with Crippen molar-refractivity contribution in [3.05, 3.63) is 5.69 Å². The van der Waals surface area contributed by atoms with E-state index in [2.05, 4.69) is 37.7 Å². The highest BCUT2D eigenvalue weighted by atomic mass is 15.4. The van der Waals surface area contributed by atoms with Gasteiger partial charge in [-0.1, -0.05) is 27.7 Å². The SMILES string of the molecule is CC(C)c1nn(C)c(N2CCC(C)C(C)C2)c1N. The third kappa shape index (κ3) is 2.20. The van der Waals surface area contributed by atoms with Gasteiger partial charge in [-0.2, -0.15) is 5.10 Å². The van der Waals surface area contributed by atoms with E-state index in [0.717, 1.165) is 42.1 Å². The van der Waals surface area contributed by atoms with Gasteiger partial charge >= 0.3 is 0 Å². The maximum atomic E-state index is 6.29. The Morgan fingerprint density at radius 2 is 1.94 bits per heavy atom. The average Bonchev–Trinajstić information content (AvgIpc) is 2.59. The first-order valence-electron chi connectivity index (χ1n) is 6.99. The van der Waals surface area contributed by atoms with E-state index in [9.17, 15) is 0 Å². The Morgan fingerprint density at radius 1 is 1.28 bits per heavy atom. The van der Waals surface area contributed by atoms with Crippen molar-refractivity contribution in [2.24, 2.45) is 18.9 Å². The fourth-order valence-electron chi connectivity index (χ4n) is 2.81. The summed E-state index contributed by atoms with van der Waals surface area (Å²) in [5.74, 6) is 3.01. The topological polar surface area (TPSA) is 47.1 Å². The number of nitrogens with two attached hydrogens (primary N) is 1. The van der Waals surface area contributed by atoms with Gasteiger partial charge in [-0.3, -0.25) is 4.68 Å². The molecule has 1 saturated heterocycles. The standard InChI is InChI=1S/C14H26N4/c1-9(2)13-12(15)14(17(5)16-13)18-7-6-10(3)11(4)8-18/h9-11H,6-8,15H2,1-5H3. The molecule has 2 rings (SSSR count). The van der Waals surface area contributed by atoms with Crippen LogP contribution in [0.3, 0.4) is 0 Å². The van der Waals surface area contributed by atoms with Crippen LogP contribution in [0.5, 0.6) is 0 Å². The van der Waals surface area contributed by atoms with Gasteiger partial charge in [0.2, 0.25) is 0 Å². The zero-order chi connectivity index (χ0) is 13.4. The molecule has 4 heteroatoms. The van der Waals surface area contributed by atoms with Gasteiger partial charge in [-0.15, -0.1) is 0 Å². The summed E-state index contributed by atoms with van der Waals surface area (Å²) in [6.45, 7) is 11.1. The molecule has 0 aromatic carbocycles. The lowest BCUT2D eigenvalue weighted by atomic mass is 9.88. The third-order valence-corrected chi connectivity index (χ3v) is 4.26. The zero-order valence-electron chi connectivity index (χ0n) is 12.3. The van der Waals surface area contributed by atoms with Gasteiger partial charge in [0.15, 0.2) is 0 Å². The van der Waals surface area contributed by atoms with Crippen LogP contribution in [-0.4, -0.2) is 22.9 Å². The van der Waals surface area contributed by atoms with E-state index < -0.39 is 0 Å². The zero-order valence-corrected chi connectivity index (χ0v) is 12.3. The maximum Gasteiger partial charge on any atom is 0.150 e. The molecule has 1 aromatic heterocycles. The molecular formula is C14H26N4. The molecule has 2 N–H and O–H groups in total. The van der Waals surface area contributed by atoms with Crippen molar-refractivity contribution >= 4 is 11.5 Å². The van der Waals surface area contributed by atoms with Crippen LogP contribution in [0.4, 0.5) is 11.5 Å². The maximum absolute atomic E-state index is 6.29. The average molecular weight is 250 g/mol. The minimum atomic E-state index is 0.381. The Bertz CT molecular complexity index is 422. The quantitative estimate of drug-likeness (QED) is 0.877. The van der Waals surface area contributed by atoms with Crippen LogP contribution in [0, 0.1) is 11.8 Å². The summed E-state index contributed by atoms with van der Waals surface area (Å²) in [6.07, 6.45) is 1.24. The summed E-state index contributed by atoms with van der Waals surface area (Å²) < 4.78 is 1.95. The van der Waals surface area contributed by atoms with Gasteiger partial charge in [0, 0.05) is 20.1 Å². The lowest BCUT2D eigenvalue weighted by Crippen LogP contribution is -2.39. The number of nitrogens with zero attached hydrogens (tertiary/aromatic N) is 3. The lowest BCUT2D eigenvalue weighted by Gasteiger charge is -2.36. The third-order valence-electron chi connectivity index (χ3n) is 4.26. The second-order valence-corrected chi connectivity index (χ2v) is 6.09. The molecule has 0 bridgehead atoms. The van der Waals surface area contributed by atoms with E-state index in [-0.39, 0.29) is 0 Å². The Balaban J connectivity index is 2.28. The summed E-state index contributed by atoms with van der Waals surface area (Å²) in [6, 6.07) is 0. The van der Waals surface area contributed by atoms with Crippen molar-refractivity contribution in [2.45, 2.75) is 40.0 Å². The molecule has 4 nitrogen and oxygen atoms in total. The second kappa shape index (κ2) is 4.82. The smallest absolute Gasteiger partial charge is 0.150 e. The molecule has 0 saturated carbocycles. The Hall–Kier alpha value is -1.19. The molecule has 0 amide bonds. The molecule has 0 spiro atoms. The van der Waals surface area contributed by atoms with Crippen LogP contribution in [-0.2, 0) is 7.05 Å². The van der Waals surface area contributed by atoms with Gasteiger partial charge in [0.05, 0.1) is 11.4 Å². The number of hydrogen-bond donors (Lipinski definition) is 1. The molecule has 1 aromatic rings. The number of aromatic nitrogens is 2. The van der Waals surface area contributed by atoms with Crippen molar-refractivity contribution in [3.8, 4) is 0 Å². The second-order valence-electron chi connectivity index (χ2n) is 6.09. The molecule has 2 unspecified atom stereocenters. The molecule has 0 aliphatic carbocycles. The van der Waals surface area contributed by atoms with Crippen molar-refractivity contribution < 1.29 is 0 Å². The van der Waals surface area contributed by atoms with E-state index in [0.29, 0.717) is 5.92 Å². The molecule has 1 aliphatic rings. The van der Waals surface area contributed by atoms with Gasteiger partial charge in [0.1, 0.15) is 5.82 Å².